The number of thiazole rings is 1. The van der Waals surface area contributed by atoms with Gasteiger partial charge in [0.25, 0.3) is 11.8 Å². The minimum Gasteiger partial charge on any atom is -0.388 e. The molecule has 0 aliphatic carbocycles. The molecule has 1 aromatic heterocycles. The van der Waals surface area contributed by atoms with E-state index in [0.717, 1.165) is 0 Å². The number of amides is 2. The average Bonchev–Trinajstić information content (AvgIpc) is 3.44. The van der Waals surface area contributed by atoms with Crippen molar-refractivity contribution < 1.29 is 33.7 Å². The standard InChI is InChI=1S/C27H38FN3O6S/c1-19(2)9-14-37-24-15-31(26(34)20-7-3-4-8-21(20)28)12-11-30(27(35)22-17-38-18-29-22)10-5-6-13-36-16-23(32)25(24)33/h3-4,7-8,17-19,23-25,32-33H,5-6,9-16H2,1-2H3/t23-,24-,25-/m1/s1. The first-order valence-electron chi connectivity index (χ1n) is 13.0. The molecule has 1 aliphatic heterocycles. The summed E-state index contributed by atoms with van der Waals surface area (Å²) in [7, 11) is 0. The highest BCUT2D eigenvalue weighted by atomic mass is 32.1. The van der Waals surface area contributed by atoms with Gasteiger partial charge in [-0.05, 0) is 37.3 Å². The smallest absolute Gasteiger partial charge is 0.273 e. The van der Waals surface area contributed by atoms with Crippen LogP contribution in [0.25, 0.3) is 0 Å². The Morgan fingerprint density at radius 3 is 2.63 bits per heavy atom. The maximum atomic E-state index is 14.6. The van der Waals surface area contributed by atoms with E-state index in [4.69, 9.17) is 9.47 Å². The Morgan fingerprint density at radius 2 is 1.92 bits per heavy atom. The molecule has 3 atom stereocenters. The van der Waals surface area contributed by atoms with Crippen molar-refractivity contribution in [3.8, 4) is 0 Å². The predicted molar refractivity (Wildman–Crippen MR) is 142 cm³/mol. The van der Waals surface area contributed by atoms with E-state index in [1.165, 1.54) is 34.4 Å². The molecule has 1 saturated heterocycles. The molecule has 2 N–H and O–H groups in total. The van der Waals surface area contributed by atoms with Crippen molar-refractivity contribution in [3.63, 3.8) is 0 Å². The van der Waals surface area contributed by atoms with Crippen molar-refractivity contribution in [1.29, 1.82) is 0 Å². The molecule has 210 valence electrons. The maximum Gasteiger partial charge on any atom is 0.273 e. The molecule has 2 amide bonds. The molecule has 0 bridgehead atoms. The molecule has 0 radical (unpaired) electrons. The van der Waals surface area contributed by atoms with Crippen LogP contribution in [-0.4, -0.2) is 101 Å². The zero-order valence-corrected chi connectivity index (χ0v) is 22.8. The van der Waals surface area contributed by atoms with Gasteiger partial charge >= 0.3 is 0 Å². The van der Waals surface area contributed by atoms with Gasteiger partial charge < -0.3 is 29.5 Å². The SMILES string of the molecule is CC(C)CCO[C@@H]1CN(C(=O)c2ccccc2F)CCN(C(=O)c2cscn2)CCCCOC[C@@H](O)[C@H]1O. The van der Waals surface area contributed by atoms with Crippen LogP contribution in [0.2, 0.25) is 0 Å². The molecule has 1 aromatic carbocycles. The molecule has 9 nitrogen and oxygen atoms in total. The largest absolute Gasteiger partial charge is 0.388 e. The molecule has 2 aromatic rings. The highest BCUT2D eigenvalue weighted by Gasteiger charge is 2.32. The Balaban J connectivity index is 1.89. The normalized spacial score (nSPS) is 22.3. The van der Waals surface area contributed by atoms with Crippen LogP contribution in [0.15, 0.2) is 35.2 Å². The molecule has 1 aliphatic rings. The number of ether oxygens (including phenoxy) is 2. The molecule has 0 spiro atoms. The van der Waals surface area contributed by atoms with Gasteiger partial charge in [-0.25, -0.2) is 9.37 Å². The quantitative estimate of drug-likeness (QED) is 0.568. The molecule has 1 fully saturated rings. The van der Waals surface area contributed by atoms with Gasteiger partial charge in [0, 0.05) is 44.8 Å². The minimum atomic E-state index is -1.34. The summed E-state index contributed by atoms with van der Waals surface area (Å²) in [5.74, 6) is -1.16. The van der Waals surface area contributed by atoms with E-state index < -0.39 is 30.0 Å². The van der Waals surface area contributed by atoms with Crippen molar-refractivity contribution in [2.45, 2.75) is 51.4 Å². The Morgan fingerprint density at radius 1 is 1.16 bits per heavy atom. The lowest BCUT2D eigenvalue weighted by atomic mass is 10.1. The van der Waals surface area contributed by atoms with Crippen LogP contribution >= 0.6 is 11.3 Å². The second-order valence-corrected chi connectivity index (χ2v) is 10.5. The molecule has 2 heterocycles. The van der Waals surface area contributed by atoms with Gasteiger partial charge in [-0.2, -0.15) is 0 Å². The van der Waals surface area contributed by atoms with E-state index in [9.17, 15) is 24.2 Å². The molecular weight excluding hydrogens is 513 g/mol. The maximum absolute atomic E-state index is 14.6. The monoisotopic (exact) mass is 551 g/mol. The number of aliphatic hydroxyl groups excluding tert-OH is 2. The summed E-state index contributed by atoms with van der Waals surface area (Å²) in [6.07, 6.45) is -1.53. The summed E-state index contributed by atoms with van der Waals surface area (Å²) in [6.45, 7) is 5.20. The van der Waals surface area contributed by atoms with Crippen LogP contribution in [0.5, 0.6) is 0 Å². The fourth-order valence-electron chi connectivity index (χ4n) is 4.11. The van der Waals surface area contributed by atoms with E-state index in [1.54, 1.807) is 21.9 Å². The number of aliphatic hydroxyl groups is 2. The highest BCUT2D eigenvalue weighted by Crippen LogP contribution is 2.16. The zero-order chi connectivity index (χ0) is 27.5. The van der Waals surface area contributed by atoms with Crippen molar-refractivity contribution in [2.75, 3.05) is 46.0 Å². The fourth-order valence-corrected chi connectivity index (χ4v) is 4.63. The lowest BCUT2D eigenvalue weighted by Gasteiger charge is -2.34. The Hall–Kier alpha value is -2.44. The molecule has 11 heteroatoms. The van der Waals surface area contributed by atoms with Gasteiger partial charge in [-0.3, -0.25) is 9.59 Å². The van der Waals surface area contributed by atoms with Crippen LogP contribution in [-0.2, 0) is 9.47 Å². The zero-order valence-electron chi connectivity index (χ0n) is 22.0. The summed E-state index contributed by atoms with van der Waals surface area (Å²) in [5.41, 5.74) is 1.79. The summed E-state index contributed by atoms with van der Waals surface area (Å²) in [5, 5.41) is 23.2. The predicted octanol–water partition coefficient (Wildman–Crippen LogP) is 2.83. The number of rotatable bonds is 6. The Labute approximate surface area is 227 Å². The Bertz CT molecular complexity index is 1010. The van der Waals surface area contributed by atoms with Crippen molar-refractivity contribution in [1.82, 2.24) is 14.8 Å². The van der Waals surface area contributed by atoms with E-state index in [-0.39, 0.29) is 37.7 Å². The molecule has 3 rings (SSSR count). The summed E-state index contributed by atoms with van der Waals surface area (Å²) in [4.78, 5) is 33.8. The number of carbonyl (C=O) groups is 2. The molecule has 0 unspecified atom stereocenters. The number of hydrogen-bond donors (Lipinski definition) is 2. The van der Waals surface area contributed by atoms with E-state index >= 15 is 0 Å². The van der Waals surface area contributed by atoms with Crippen LogP contribution in [0.3, 0.4) is 0 Å². The van der Waals surface area contributed by atoms with Crippen LogP contribution < -0.4 is 0 Å². The number of nitrogens with zero attached hydrogens (tertiary/aromatic N) is 3. The van der Waals surface area contributed by atoms with Crippen molar-refractivity contribution in [3.05, 3.63) is 52.2 Å². The molecule has 0 saturated carbocycles. The van der Waals surface area contributed by atoms with Gasteiger partial charge in [0.1, 0.15) is 29.8 Å². The number of benzene rings is 1. The van der Waals surface area contributed by atoms with Gasteiger partial charge in [-0.1, -0.05) is 26.0 Å². The molecule has 38 heavy (non-hydrogen) atoms. The third kappa shape index (κ3) is 8.81. The second-order valence-electron chi connectivity index (χ2n) is 9.83. The third-order valence-electron chi connectivity index (χ3n) is 6.43. The fraction of sp³-hybridized carbons (Fsp3) is 0.593. The van der Waals surface area contributed by atoms with E-state index in [1.807, 2.05) is 13.8 Å². The number of aromatic nitrogens is 1. The number of hydrogen-bond acceptors (Lipinski definition) is 8. The average molecular weight is 552 g/mol. The van der Waals surface area contributed by atoms with Gasteiger partial charge in [0.15, 0.2) is 0 Å². The summed E-state index contributed by atoms with van der Waals surface area (Å²) in [6, 6.07) is 5.68. The van der Waals surface area contributed by atoms with Crippen LogP contribution in [0.4, 0.5) is 4.39 Å². The summed E-state index contributed by atoms with van der Waals surface area (Å²) >= 11 is 1.32. The Kier molecular flexibility index (Phi) is 12.1. The van der Waals surface area contributed by atoms with Gasteiger partial charge in [0.2, 0.25) is 0 Å². The first kappa shape index (κ1) is 30.1. The third-order valence-corrected chi connectivity index (χ3v) is 7.01. The van der Waals surface area contributed by atoms with E-state index in [0.29, 0.717) is 50.6 Å². The first-order chi connectivity index (χ1) is 18.3. The van der Waals surface area contributed by atoms with Crippen LogP contribution in [0, 0.1) is 11.7 Å². The lowest BCUT2D eigenvalue weighted by molar-refractivity contribution is -0.116. The highest BCUT2D eigenvalue weighted by molar-refractivity contribution is 7.07. The lowest BCUT2D eigenvalue weighted by Crippen LogP contribution is -2.51. The number of carbonyl (C=O) groups excluding carboxylic acids is 2. The second kappa shape index (κ2) is 15.2. The van der Waals surface area contributed by atoms with Crippen molar-refractivity contribution in [2.24, 2.45) is 5.92 Å². The van der Waals surface area contributed by atoms with E-state index in [2.05, 4.69) is 4.98 Å². The minimum absolute atomic E-state index is 0.0758. The molecular formula is C27H38FN3O6S. The van der Waals surface area contributed by atoms with Crippen LogP contribution in [0.1, 0.15) is 54.0 Å². The summed E-state index contributed by atoms with van der Waals surface area (Å²) < 4.78 is 26.1. The first-order valence-corrected chi connectivity index (χ1v) is 14.0. The van der Waals surface area contributed by atoms with Crippen molar-refractivity contribution >= 4 is 23.2 Å². The topological polar surface area (TPSA) is 112 Å². The van der Waals surface area contributed by atoms with Gasteiger partial charge in [0.05, 0.1) is 17.7 Å². The number of halogens is 1. The van der Waals surface area contributed by atoms with Gasteiger partial charge in [-0.15, -0.1) is 11.3 Å².